The summed E-state index contributed by atoms with van der Waals surface area (Å²) < 4.78 is 0. The van der Waals surface area contributed by atoms with Gasteiger partial charge in [-0.1, -0.05) is 37.6 Å². The topological polar surface area (TPSA) is 84.2 Å². The van der Waals surface area contributed by atoms with Crippen molar-refractivity contribution in [1.82, 2.24) is 10.6 Å². The van der Waals surface area contributed by atoms with Crippen molar-refractivity contribution in [3.05, 3.63) is 34.9 Å². The van der Waals surface area contributed by atoms with Gasteiger partial charge in [0.05, 0.1) is 12.6 Å². The van der Waals surface area contributed by atoms with E-state index in [0.717, 1.165) is 5.56 Å². The predicted molar refractivity (Wildman–Crippen MR) is 86.4 cm³/mol. The Balaban J connectivity index is 0.00000400. The molecule has 0 spiro atoms. The normalized spacial score (nSPS) is 11.5. The lowest BCUT2D eigenvalue weighted by molar-refractivity contribution is -0.127. The van der Waals surface area contributed by atoms with Gasteiger partial charge in [0.15, 0.2) is 0 Å². The summed E-state index contributed by atoms with van der Waals surface area (Å²) in [5, 5.41) is 5.82. The average Bonchev–Trinajstić information content (AvgIpc) is 2.41. The van der Waals surface area contributed by atoms with E-state index in [-0.39, 0.29) is 36.7 Å². The lowest BCUT2D eigenvalue weighted by atomic mass is 10.1. The van der Waals surface area contributed by atoms with Gasteiger partial charge in [0.2, 0.25) is 11.8 Å². The fraction of sp³-hybridized carbons (Fsp3) is 0.429. The van der Waals surface area contributed by atoms with Gasteiger partial charge in [-0.15, -0.1) is 12.4 Å². The number of hydrogen-bond acceptors (Lipinski definition) is 3. The minimum atomic E-state index is -0.601. The number of nitrogens with two attached hydrogens (primary N) is 1. The Labute approximate surface area is 136 Å². The van der Waals surface area contributed by atoms with Gasteiger partial charge in [0.25, 0.3) is 0 Å². The largest absolute Gasteiger partial charge is 0.350 e. The number of amides is 2. The van der Waals surface area contributed by atoms with Crippen molar-refractivity contribution in [2.75, 3.05) is 6.54 Å². The standard InChI is InChI=1S/C14H20ClN3O2.ClH/c1-9(2)13(16)14(20)18-8-12(19)17-7-10-4-3-5-11(15)6-10;/h3-6,9,13H,7-8,16H2,1-2H3,(H,17,19)(H,18,20);1H/t13-;/m0./s1. The van der Waals surface area contributed by atoms with Gasteiger partial charge in [-0.3, -0.25) is 9.59 Å². The second kappa shape index (κ2) is 9.60. The fourth-order valence-corrected chi connectivity index (χ4v) is 1.71. The molecule has 1 aromatic rings. The summed E-state index contributed by atoms with van der Waals surface area (Å²) in [5.41, 5.74) is 6.57. The van der Waals surface area contributed by atoms with Gasteiger partial charge >= 0.3 is 0 Å². The smallest absolute Gasteiger partial charge is 0.239 e. The Morgan fingerprint density at radius 1 is 1.29 bits per heavy atom. The molecule has 0 bridgehead atoms. The molecule has 0 heterocycles. The van der Waals surface area contributed by atoms with E-state index in [2.05, 4.69) is 10.6 Å². The number of carbonyl (C=O) groups is 2. The third kappa shape index (κ3) is 7.32. The van der Waals surface area contributed by atoms with Crippen LogP contribution in [0.2, 0.25) is 5.02 Å². The second-order valence-electron chi connectivity index (χ2n) is 4.89. The van der Waals surface area contributed by atoms with E-state index < -0.39 is 6.04 Å². The van der Waals surface area contributed by atoms with Crippen molar-refractivity contribution in [2.45, 2.75) is 26.4 Å². The molecule has 0 unspecified atom stereocenters. The van der Waals surface area contributed by atoms with Crippen LogP contribution in [-0.4, -0.2) is 24.4 Å². The molecule has 5 nitrogen and oxygen atoms in total. The van der Waals surface area contributed by atoms with Gasteiger partial charge < -0.3 is 16.4 Å². The van der Waals surface area contributed by atoms with Gasteiger partial charge in [-0.05, 0) is 23.6 Å². The van der Waals surface area contributed by atoms with Crippen molar-refractivity contribution in [3.63, 3.8) is 0 Å². The number of benzene rings is 1. The third-order valence-electron chi connectivity index (χ3n) is 2.82. The number of carbonyl (C=O) groups excluding carboxylic acids is 2. The molecule has 7 heteroatoms. The summed E-state index contributed by atoms with van der Waals surface area (Å²) in [6, 6.07) is 6.61. The summed E-state index contributed by atoms with van der Waals surface area (Å²) in [7, 11) is 0. The zero-order valence-electron chi connectivity index (χ0n) is 12.1. The first-order valence-electron chi connectivity index (χ1n) is 6.44. The highest BCUT2D eigenvalue weighted by atomic mass is 35.5. The SMILES string of the molecule is CC(C)[C@H](N)C(=O)NCC(=O)NCc1cccc(Cl)c1.Cl. The molecule has 0 radical (unpaired) electrons. The summed E-state index contributed by atoms with van der Waals surface area (Å²) in [4.78, 5) is 23.2. The molecule has 2 amide bonds. The van der Waals surface area contributed by atoms with Crippen LogP contribution in [0.3, 0.4) is 0 Å². The Morgan fingerprint density at radius 3 is 2.52 bits per heavy atom. The number of halogens is 2. The van der Waals surface area contributed by atoms with Crippen LogP contribution in [0.4, 0.5) is 0 Å². The lowest BCUT2D eigenvalue weighted by Crippen LogP contribution is -2.47. The third-order valence-corrected chi connectivity index (χ3v) is 3.06. The molecule has 4 N–H and O–H groups in total. The molecule has 0 fully saturated rings. The Hall–Kier alpha value is -1.30. The van der Waals surface area contributed by atoms with E-state index >= 15 is 0 Å². The molecular formula is C14H21Cl2N3O2. The van der Waals surface area contributed by atoms with E-state index in [1.807, 2.05) is 26.0 Å². The number of hydrogen-bond donors (Lipinski definition) is 3. The molecule has 1 rings (SSSR count). The fourth-order valence-electron chi connectivity index (χ4n) is 1.50. The minimum Gasteiger partial charge on any atom is -0.350 e. The molecule has 0 aromatic heterocycles. The maximum Gasteiger partial charge on any atom is 0.239 e. The van der Waals surface area contributed by atoms with E-state index in [0.29, 0.717) is 11.6 Å². The maximum atomic E-state index is 11.6. The molecule has 0 saturated heterocycles. The second-order valence-corrected chi connectivity index (χ2v) is 5.33. The van der Waals surface area contributed by atoms with E-state index in [1.54, 1.807) is 12.1 Å². The first-order valence-corrected chi connectivity index (χ1v) is 6.82. The number of rotatable bonds is 6. The first kappa shape index (κ1) is 19.7. The van der Waals surface area contributed by atoms with Crippen LogP contribution in [0.5, 0.6) is 0 Å². The molecule has 21 heavy (non-hydrogen) atoms. The van der Waals surface area contributed by atoms with Crippen LogP contribution in [-0.2, 0) is 16.1 Å². The van der Waals surface area contributed by atoms with Crippen LogP contribution >= 0.6 is 24.0 Å². The molecule has 118 valence electrons. The zero-order valence-corrected chi connectivity index (χ0v) is 13.6. The molecule has 0 aliphatic carbocycles. The van der Waals surface area contributed by atoms with E-state index in [9.17, 15) is 9.59 Å². The average molecular weight is 334 g/mol. The maximum absolute atomic E-state index is 11.6. The van der Waals surface area contributed by atoms with E-state index in [1.165, 1.54) is 0 Å². The van der Waals surface area contributed by atoms with Crippen LogP contribution in [0.25, 0.3) is 0 Å². The molecule has 1 aromatic carbocycles. The quantitative estimate of drug-likeness (QED) is 0.737. The molecule has 1 atom stereocenters. The Kier molecular flexibility index (Phi) is 9.01. The van der Waals surface area contributed by atoms with Crippen molar-refractivity contribution in [2.24, 2.45) is 11.7 Å². The van der Waals surface area contributed by atoms with Crippen LogP contribution in [0.1, 0.15) is 19.4 Å². The first-order chi connectivity index (χ1) is 9.40. The molecular weight excluding hydrogens is 313 g/mol. The van der Waals surface area contributed by atoms with Gasteiger partial charge in [0, 0.05) is 11.6 Å². The number of nitrogens with one attached hydrogen (secondary N) is 2. The van der Waals surface area contributed by atoms with Crippen molar-refractivity contribution in [3.8, 4) is 0 Å². The minimum absolute atomic E-state index is 0. The lowest BCUT2D eigenvalue weighted by Gasteiger charge is -2.15. The Morgan fingerprint density at radius 2 is 1.95 bits per heavy atom. The highest BCUT2D eigenvalue weighted by Gasteiger charge is 2.17. The van der Waals surface area contributed by atoms with Crippen molar-refractivity contribution in [1.29, 1.82) is 0 Å². The van der Waals surface area contributed by atoms with Crippen LogP contribution < -0.4 is 16.4 Å². The highest BCUT2D eigenvalue weighted by Crippen LogP contribution is 2.10. The summed E-state index contributed by atoms with van der Waals surface area (Å²) in [6.07, 6.45) is 0. The van der Waals surface area contributed by atoms with Gasteiger partial charge in [0.1, 0.15) is 0 Å². The summed E-state index contributed by atoms with van der Waals surface area (Å²) in [5.74, 6) is -0.559. The van der Waals surface area contributed by atoms with E-state index in [4.69, 9.17) is 17.3 Å². The molecule has 0 aliphatic heterocycles. The highest BCUT2D eigenvalue weighted by molar-refractivity contribution is 6.30. The van der Waals surface area contributed by atoms with Gasteiger partial charge in [-0.25, -0.2) is 0 Å². The van der Waals surface area contributed by atoms with Crippen LogP contribution in [0, 0.1) is 5.92 Å². The van der Waals surface area contributed by atoms with Gasteiger partial charge in [-0.2, -0.15) is 0 Å². The van der Waals surface area contributed by atoms with Crippen molar-refractivity contribution < 1.29 is 9.59 Å². The van der Waals surface area contributed by atoms with Crippen molar-refractivity contribution >= 4 is 35.8 Å². The zero-order chi connectivity index (χ0) is 15.1. The predicted octanol–water partition coefficient (Wildman–Crippen LogP) is 1.48. The molecule has 0 aliphatic rings. The monoisotopic (exact) mass is 333 g/mol. The van der Waals surface area contributed by atoms with Crippen LogP contribution in [0.15, 0.2) is 24.3 Å². The Bertz CT molecular complexity index is 481. The molecule has 0 saturated carbocycles. The summed E-state index contributed by atoms with van der Waals surface area (Å²) >= 11 is 5.84. The summed E-state index contributed by atoms with van der Waals surface area (Å²) in [6.45, 7) is 3.98.